The zero-order valence-electron chi connectivity index (χ0n) is 7.85. The van der Waals surface area contributed by atoms with Crippen molar-refractivity contribution in [2.75, 3.05) is 0 Å². The predicted octanol–water partition coefficient (Wildman–Crippen LogP) is 0.416. The van der Waals surface area contributed by atoms with Crippen LogP contribution in [0, 0.1) is 5.92 Å². The first kappa shape index (κ1) is 10.9. The maximum Gasteiger partial charge on any atom is 0.335 e. The van der Waals surface area contributed by atoms with Gasteiger partial charge in [-0.15, -0.1) is 0 Å². The summed E-state index contributed by atoms with van der Waals surface area (Å²) >= 11 is 0. The van der Waals surface area contributed by atoms with Crippen LogP contribution >= 0.6 is 0 Å². The average Bonchev–Trinajstić information content (AvgIpc) is 2.15. The minimum Gasteiger partial charge on any atom is -0.481 e. The lowest BCUT2D eigenvalue weighted by Crippen LogP contribution is -2.22. The lowest BCUT2D eigenvalue weighted by atomic mass is 9.85. The van der Waals surface area contributed by atoms with Crippen molar-refractivity contribution < 1.29 is 24.6 Å². The van der Waals surface area contributed by atoms with E-state index in [1.54, 1.807) is 0 Å². The summed E-state index contributed by atoms with van der Waals surface area (Å²) in [4.78, 5) is 32.0. The summed E-state index contributed by atoms with van der Waals surface area (Å²) < 4.78 is 0. The molecule has 0 aromatic carbocycles. The fourth-order valence-corrected chi connectivity index (χ4v) is 1.44. The Morgan fingerprint density at radius 2 is 1.93 bits per heavy atom. The van der Waals surface area contributed by atoms with Crippen LogP contribution in [-0.2, 0) is 14.4 Å². The van der Waals surface area contributed by atoms with Gasteiger partial charge in [0.1, 0.15) is 11.9 Å². The second-order valence-corrected chi connectivity index (χ2v) is 3.06. The summed E-state index contributed by atoms with van der Waals surface area (Å²) in [6.45, 7) is 1.38. The summed E-state index contributed by atoms with van der Waals surface area (Å²) in [6.07, 6.45) is 2.37. The highest BCUT2D eigenvalue weighted by atomic mass is 16.4. The lowest BCUT2D eigenvalue weighted by molar-refractivity contribution is -0.139. The Hall–Kier alpha value is -2.13. The Balaban J connectivity index is 3.33. The second-order valence-electron chi connectivity index (χ2n) is 3.06. The van der Waals surface area contributed by atoms with Crippen LogP contribution in [0.1, 0.15) is 6.92 Å². The Labute approximate surface area is 85.0 Å². The molecule has 0 bridgehead atoms. The maximum absolute atomic E-state index is 10.8. The monoisotopic (exact) mass is 208 g/mol. The Bertz CT molecular complexity index is 435. The summed E-state index contributed by atoms with van der Waals surface area (Å²) in [5.41, 5.74) is -0.0257. The van der Waals surface area contributed by atoms with Crippen molar-refractivity contribution in [3.05, 3.63) is 28.9 Å². The van der Waals surface area contributed by atoms with Crippen molar-refractivity contribution in [1.29, 1.82) is 0 Å². The van der Waals surface area contributed by atoms with E-state index >= 15 is 0 Å². The fraction of sp³-hybridized carbons (Fsp3) is 0.200. The molecule has 2 N–H and O–H groups in total. The van der Waals surface area contributed by atoms with Gasteiger partial charge in [0.05, 0.1) is 11.1 Å². The maximum atomic E-state index is 10.8. The molecule has 0 spiro atoms. The van der Waals surface area contributed by atoms with Crippen LogP contribution in [-0.4, -0.2) is 28.1 Å². The van der Waals surface area contributed by atoms with Crippen LogP contribution in [0.15, 0.2) is 28.9 Å². The highest BCUT2D eigenvalue weighted by Crippen LogP contribution is 2.28. The van der Waals surface area contributed by atoms with E-state index in [0.29, 0.717) is 0 Å². The van der Waals surface area contributed by atoms with Crippen molar-refractivity contribution in [2.45, 2.75) is 6.92 Å². The van der Waals surface area contributed by atoms with Crippen LogP contribution in [0.5, 0.6) is 0 Å². The molecule has 0 saturated carbocycles. The first-order chi connectivity index (χ1) is 6.99. The number of hydrogen-bond acceptors (Lipinski definition) is 3. The predicted molar refractivity (Wildman–Crippen MR) is 49.8 cm³/mol. The molecule has 0 aliphatic heterocycles. The van der Waals surface area contributed by atoms with E-state index in [0.717, 1.165) is 0 Å². The van der Waals surface area contributed by atoms with Crippen molar-refractivity contribution in [3.8, 4) is 0 Å². The number of carboxylic acids is 2. The van der Waals surface area contributed by atoms with Crippen LogP contribution in [0.3, 0.4) is 0 Å². The topological polar surface area (TPSA) is 91.7 Å². The molecule has 5 heteroatoms. The standard InChI is InChI=1S/C10H8O5/c1-5-7(9(12)13)3-2-6(4-11)8(5)10(14)15/h2-3,8H,1H3,(H,12,13)(H,14,15). The van der Waals surface area contributed by atoms with Gasteiger partial charge >= 0.3 is 11.9 Å². The average molecular weight is 208 g/mol. The molecule has 1 unspecified atom stereocenters. The molecule has 1 atom stereocenters. The third-order valence-corrected chi connectivity index (χ3v) is 2.19. The van der Waals surface area contributed by atoms with Gasteiger partial charge in [-0.25, -0.2) is 9.59 Å². The SMILES string of the molecule is CC1=C(C(=O)O)C=CC(=C=O)C1C(=O)O. The van der Waals surface area contributed by atoms with E-state index in [-0.39, 0.29) is 16.7 Å². The van der Waals surface area contributed by atoms with Crippen molar-refractivity contribution >= 4 is 17.9 Å². The van der Waals surface area contributed by atoms with Gasteiger partial charge < -0.3 is 10.2 Å². The second kappa shape index (κ2) is 3.94. The quantitative estimate of drug-likeness (QED) is 0.641. The minimum atomic E-state index is -1.26. The van der Waals surface area contributed by atoms with Gasteiger partial charge in [-0.1, -0.05) is 0 Å². The molecule has 0 fully saturated rings. The number of allylic oxidation sites excluding steroid dienone is 1. The first-order valence-electron chi connectivity index (χ1n) is 4.09. The van der Waals surface area contributed by atoms with Crippen LogP contribution in [0.25, 0.3) is 0 Å². The van der Waals surface area contributed by atoms with E-state index in [1.807, 2.05) is 0 Å². The van der Waals surface area contributed by atoms with Crippen LogP contribution in [0.4, 0.5) is 0 Å². The summed E-state index contributed by atoms with van der Waals surface area (Å²) in [6, 6.07) is 0. The Morgan fingerprint density at radius 3 is 2.33 bits per heavy atom. The third-order valence-electron chi connectivity index (χ3n) is 2.19. The van der Waals surface area contributed by atoms with E-state index in [1.165, 1.54) is 25.0 Å². The van der Waals surface area contributed by atoms with Crippen molar-refractivity contribution in [1.82, 2.24) is 0 Å². The van der Waals surface area contributed by atoms with Gasteiger partial charge in [-0.05, 0) is 24.6 Å². The molecule has 0 amide bonds. The van der Waals surface area contributed by atoms with E-state index in [9.17, 15) is 14.4 Å². The summed E-state index contributed by atoms with van der Waals surface area (Å²) in [7, 11) is 0. The molecule has 0 aromatic heterocycles. The fourth-order valence-electron chi connectivity index (χ4n) is 1.44. The highest BCUT2D eigenvalue weighted by molar-refractivity contribution is 5.95. The molecule has 0 heterocycles. The number of carbonyl (C=O) groups excluding carboxylic acids is 1. The third kappa shape index (κ3) is 1.87. The zero-order valence-corrected chi connectivity index (χ0v) is 7.85. The smallest absolute Gasteiger partial charge is 0.335 e. The number of rotatable bonds is 2. The number of carboxylic acid groups (broad SMARTS) is 2. The normalized spacial score (nSPS) is 20.1. The first-order valence-corrected chi connectivity index (χ1v) is 4.09. The van der Waals surface area contributed by atoms with Gasteiger partial charge in [-0.3, -0.25) is 4.79 Å². The molecule has 1 aliphatic rings. The number of hydrogen-bond donors (Lipinski definition) is 2. The zero-order chi connectivity index (χ0) is 11.6. The highest BCUT2D eigenvalue weighted by Gasteiger charge is 2.30. The van der Waals surface area contributed by atoms with Gasteiger partial charge in [0.2, 0.25) is 0 Å². The minimum absolute atomic E-state index is 0.0648. The Kier molecular flexibility index (Phi) is 2.87. The molecule has 78 valence electrons. The molecule has 0 aromatic rings. The van der Waals surface area contributed by atoms with Crippen LogP contribution < -0.4 is 0 Å². The van der Waals surface area contributed by atoms with Crippen molar-refractivity contribution in [3.63, 3.8) is 0 Å². The summed E-state index contributed by atoms with van der Waals surface area (Å²) in [5, 5.41) is 17.6. The Morgan fingerprint density at radius 1 is 1.33 bits per heavy atom. The van der Waals surface area contributed by atoms with Crippen LogP contribution in [0.2, 0.25) is 0 Å². The largest absolute Gasteiger partial charge is 0.481 e. The van der Waals surface area contributed by atoms with Crippen molar-refractivity contribution in [2.24, 2.45) is 5.92 Å². The van der Waals surface area contributed by atoms with Gasteiger partial charge in [0, 0.05) is 0 Å². The van der Waals surface area contributed by atoms with E-state index in [2.05, 4.69) is 0 Å². The van der Waals surface area contributed by atoms with Gasteiger partial charge in [-0.2, -0.15) is 0 Å². The molecule has 5 nitrogen and oxygen atoms in total. The lowest BCUT2D eigenvalue weighted by Gasteiger charge is -2.17. The molecule has 1 aliphatic carbocycles. The molecule has 15 heavy (non-hydrogen) atoms. The number of aliphatic carboxylic acids is 2. The molecule has 0 radical (unpaired) electrons. The molecule has 0 saturated heterocycles. The molecular weight excluding hydrogens is 200 g/mol. The number of carbonyl (C=O) groups is 2. The summed E-state index contributed by atoms with van der Waals surface area (Å²) in [5.74, 6) is -2.18. The van der Waals surface area contributed by atoms with E-state index < -0.39 is 17.9 Å². The van der Waals surface area contributed by atoms with E-state index in [4.69, 9.17) is 10.2 Å². The molecule has 1 rings (SSSR count). The van der Waals surface area contributed by atoms with Gasteiger partial charge in [0.15, 0.2) is 0 Å². The van der Waals surface area contributed by atoms with Gasteiger partial charge in [0.25, 0.3) is 0 Å². The molecular formula is C10H8O5.